The highest BCUT2D eigenvalue weighted by Gasteiger charge is 2.34. The molecule has 0 aliphatic carbocycles. The van der Waals surface area contributed by atoms with Crippen LogP contribution in [0.5, 0.6) is 0 Å². The Morgan fingerprint density at radius 2 is 1.70 bits per heavy atom. The van der Waals surface area contributed by atoms with E-state index in [1.54, 1.807) is 0 Å². The molecule has 0 unspecified atom stereocenters. The lowest BCUT2D eigenvalue weighted by atomic mass is 9.91. The molecule has 3 nitrogen and oxygen atoms in total. The number of Topliss-reactive ketones (excluding diaryl/α,β-unsaturated/α-hetero) is 1. The minimum Gasteiger partial charge on any atom is -0.379 e. The Kier molecular flexibility index (Phi) is 4.95. The summed E-state index contributed by atoms with van der Waals surface area (Å²) >= 11 is 0. The smallest absolute Gasteiger partial charge is 0.156 e. The fraction of sp³-hybridized carbons (Fsp3) is 0.588. The highest BCUT2D eigenvalue weighted by molar-refractivity contribution is 5.89. The van der Waals surface area contributed by atoms with Gasteiger partial charge in [-0.2, -0.15) is 0 Å². The molecule has 0 radical (unpaired) electrons. The molecule has 0 spiro atoms. The van der Waals surface area contributed by atoms with Crippen molar-refractivity contribution in [2.24, 2.45) is 0 Å². The van der Waals surface area contributed by atoms with E-state index in [9.17, 15) is 4.79 Å². The van der Waals surface area contributed by atoms with E-state index in [0.717, 1.165) is 38.3 Å². The second kappa shape index (κ2) is 6.51. The Morgan fingerprint density at radius 3 is 2.25 bits per heavy atom. The lowest BCUT2D eigenvalue weighted by molar-refractivity contribution is -0.131. The van der Waals surface area contributed by atoms with Gasteiger partial charge in [-0.3, -0.25) is 9.69 Å². The van der Waals surface area contributed by atoms with Gasteiger partial charge in [0.25, 0.3) is 0 Å². The third-order valence-corrected chi connectivity index (χ3v) is 4.28. The molecular weight excluding hydrogens is 250 g/mol. The Morgan fingerprint density at radius 1 is 1.15 bits per heavy atom. The molecule has 20 heavy (non-hydrogen) atoms. The molecule has 0 N–H and O–H groups in total. The largest absolute Gasteiger partial charge is 0.379 e. The molecule has 1 aliphatic rings. The number of aryl methyl sites for hydroxylation is 1. The molecule has 0 saturated carbocycles. The number of nitrogens with zero attached hydrogens (tertiary/aromatic N) is 1. The van der Waals surface area contributed by atoms with Crippen molar-refractivity contribution < 1.29 is 9.53 Å². The van der Waals surface area contributed by atoms with E-state index in [2.05, 4.69) is 36.1 Å². The van der Waals surface area contributed by atoms with Crippen molar-refractivity contribution in [3.63, 3.8) is 0 Å². The maximum absolute atomic E-state index is 12.6. The molecule has 0 aromatic heterocycles. The number of carbonyl (C=O) groups excluding carboxylic acids is 1. The second-order valence-corrected chi connectivity index (χ2v) is 5.93. The minimum atomic E-state index is -0.410. The highest BCUT2D eigenvalue weighted by atomic mass is 16.5. The number of morpholine rings is 1. The average molecular weight is 275 g/mol. The van der Waals surface area contributed by atoms with Crippen LogP contribution in [0.1, 0.15) is 31.9 Å². The van der Waals surface area contributed by atoms with Crippen molar-refractivity contribution in [1.82, 2.24) is 4.90 Å². The summed E-state index contributed by atoms with van der Waals surface area (Å²) in [4.78, 5) is 14.8. The molecule has 110 valence electrons. The first-order chi connectivity index (χ1) is 9.54. The van der Waals surface area contributed by atoms with Gasteiger partial charge in [0.15, 0.2) is 5.78 Å². The fourth-order valence-electron chi connectivity index (χ4n) is 2.59. The van der Waals surface area contributed by atoms with Crippen molar-refractivity contribution >= 4 is 5.78 Å². The summed E-state index contributed by atoms with van der Waals surface area (Å²) in [7, 11) is 0. The second-order valence-electron chi connectivity index (χ2n) is 5.93. The number of ether oxygens (including phenoxy) is 1. The van der Waals surface area contributed by atoms with Crippen molar-refractivity contribution in [1.29, 1.82) is 0 Å². The van der Waals surface area contributed by atoms with Gasteiger partial charge in [0, 0.05) is 19.5 Å². The van der Waals surface area contributed by atoms with Gasteiger partial charge >= 0.3 is 0 Å². The van der Waals surface area contributed by atoms with Crippen molar-refractivity contribution in [3.8, 4) is 0 Å². The lowest BCUT2D eigenvalue weighted by Crippen LogP contribution is -2.54. The SMILES string of the molecule is CCc1ccc(CC(=O)C(C)(C)N2CCOCC2)cc1. The summed E-state index contributed by atoms with van der Waals surface area (Å²) in [6, 6.07) is 8.38. The fourth-order valence-corrected chi connectivity index (χ4v) is 2.59. The van der Waals surface area contributed by atoms with Crippen LogP contribution in [0.2, 0.25) is 0 Å². The van der Waals surface area contributed by atoms with Crippen LogP contribution in [0.15, 0.2) is 24.3 Å². The predicted octanol–water partition coefficient (Wildman–Crippen LogP) is 2.47. The summed E-state index contributed by atoms with van der Waals surface area (Å²) < 4.78 is 5.37. The maximum Gasteiger partial charge on any atom is 0.156 e. The summed E-state index contributed by atoms with van der Waals surface area (Å²) in [6.07, 6.45) is 1.54. The normalized spacial score (nSPS) is 17.1. The number of benzene rings is 1. The van der Waals surface area contributed by atoms with Crippen LogP contribution in [0, 0.1) is 0 Å². The van der Waals surface area contributed by atoms with Gasteiger partial charge in [0.1, 0.15) is 0 Å². The highest BCUT2D eigenvalue weighted by Crippen LogP contribution is 2.20. The summed E-state index contributed by atoms with van der Waals surface area (Å²) in [5.74, 6) is 0.281. The number of hydrogen-bond acceptors (Lipinski definition) is 3. The van der Waals surface area contributed by atoms with E-state index in [1.165, 1.54) is 5.56 Å². The van der Waals surface area contributed by atoms with E-state index in [0.29, 0.717) is 6.42 Å². The Balaban J connectivity index is 2.01. The third kappa shape index (κ3) is 3.47. The van der Waals surface area contributed by atoms with E-state index in [1.807, 2.05) is 13.8 Å². The van der Waals surface area contributed by atoms with Gasteiger partial charge in [-0.05, 0) is 31.4 Å². The molecule has 1 aliphatic heterocycles. The Labute approximate surface area is 121 Å². The predicted molar refractivity (Wildman–Crippen MR) is 81.0 cm³/mol. The number of carbonyl (C=O) groups is 1. The molecule has 1 heterocycles. The zero-order valence-electron chi connectivity index (χ0n) is 12.8. The molecule has 2 rings (SSSR count). The number of rotatable bonds is 5. The van der Waals surface area contributed by atoms with E-state index in [-0.39, 0.29) is 5.78 Å². The zero-order chi connectivity index (χ0) is 14.6. The van der Waals surface area contributed by atoms with Gasteiger partial charge in [-0.25, -0.2) is 0 Å². The van der Waals surface area contributed by atoms with Crippen molar-refractivity contribution in [2.75, 3.05) is 26.3 Å². The molecule has 0 amide bonds. The van der Waals surface area contributed by atoms with Crippen LogP contribution in [-0.2, 0) is 22.4 Å². The molecule has 1 aromatic rings. The van der Waals surface area contributed by atoms with E-state index >= 15 is 0 Å². The maximum atomic E-state index is 12.6. The van der Waals surface area contributed by atoms with Gasteiger partial charge in [-0.15, -0.1) is 0 Å². The van der Waals surface area contributed by atoms with E-state index in [4.69, 9.17) is 4.74 Å². The molecule has 1 fully saturated rings. The molecule has 1 aromatic carbocycles. The average Bonchev–Trinajstić information content (AvgIpc) is 2.49. The molecule has 1 saturated heterocycles. The van der Waals surface area contributed by atoms with Crippen LogP contribution in [0.25, 0.3) is 0 Å². The molecule has 0 atom stereocenters. The summed E-state index contributed by atoms with van der Waals surface area (Å²) in [5.41, 5.74) is 2.01. The first-order valence-corrected chi connectivity index (χ1v) is 7.48. The Bertz CT molecular complexity index is 445. The van der Waals surface area contributed by atoms with Crippen LogP contribution < -0.4 is 0 Å². The monoisotopic (exact) mass is 275 g/mol. The van der Waals surface area contributed by atoms with Gasteiger partial charge in [0.05, 0.1) is 18.8 Å². The van der Waals surface area contributed by atoms with Gasteiger partial charge < -0.3 is 4.74 Å². The molecular formula is C17H25NO2. The minimum absolute atomic E-state index is 0.281. The quantitative estimate of drug-likeness (QED) is 0.827. The first-order valence-electron chi connectivity index (χ1n) is 7.48. The number of hydrogen-bond donors (Lipinski definition) is 0. The standard InChI is InChI=1S/C17H25NO2/c1-4-14-5-7-15(8-6-14)13-16(19)17(2,3)18-9-11-20-12-10-18/h5-8H,4,9-13H2,1-3H3. The third-order valence-electron chi connectivity index (χ3n) is 4.28. The lowest BCUT2D eigenvalue weighted by Gasteiger charge is -2.39. The molecule has 3 heteroatoms. The van der Waals surface area contributed by atoms with Gasteiger partial charge in [-0.1, -0.05) is 31.2 Å². The van der Waals surface area contributed by atoms with Crippen molar-refractivity contribution in [2.45, 2.75) is 39.2 Å². The Hall–Kier alpha value is -1.19. The first kappa shape index (κ1) is 15.2. The molecule has 0 bridgehead atoms. The van der Waals surface area contributed by atoms with Crippen molar-refractivity contribution in [3.05, 3.63) is 35.4 Å². The number of ketones is 1. The van der Waals surface area contributed by atoms with Crippen LogP contribution in [0.3, 0.4) is 0 Å². The van der Waals surface area contributed by atoms with Gasteiger partial charge in [0.2, 0.25) is 0 Å². The zero-order valence-corrected chi connectivity index (χ0v) is 12.8. The summed E-state index contributed by atoms with van der Waals surface area (Å²) in [5, 5.41) is 0. The topological polar surface area (TPSA) is 29.5 Å². The van der Waals surface area contributed by atoms with Crippen LogP contribution >= 0.6 is 0 Å². The van der Waals surface area contributed by atoms with Crippen LogP contribution in [0.4, 0.5) is 0 Å². The van der Waals surface area contributed by atoms with Crippen LogP contribution in [-0.4, -0.2) is 42.5 Å². The summed E-state index contributed by atoms with van der Waals surface area (Å²) in [6.45, 7) is 9.33. The van der Waals surface area contributed by atoms with E-state index < -0.39 is 5.54 Å².